The van der Waals surface area contributed by atoms with E-state index < -0.39 is 0 Å². The van der Waals surface area contributed by atoms with Crippen molar-refractivity contribution in [1.29, 1.82) is 0 Å². The van der Waals surface area contributed by atoms with Gasteiger partial charge in [0.1, 0.15) is 0 Å². The van der Waals surface area contributed by atoms with Crippen molar-refractivity contribution < 1.29 is 9.59 Å². The zero-order valence-corrected chi connectivity index (χ0v) is 11.2. The molecule has 1 aromatic rings. The minimum Gasteiger partial charge on any atom is -0.369 e. The molecule has 1 saturated heterocycles. The number of ketones is 1. The summed E-state index contributed by atoms with van der Waals surface area (Å²) in [6, 6.07) is 9.18. The maximum atomic E-state index is 12.5. The van der Waals surface area contributed by atoms with Gasteiger partial charge in [0.25, 0.3) is 0 Å². The van der Waals surface area contributed by atoms with Crippen LogP contribution in [0.3, 0.4) is 0 Å². The fourth-order valence-electron chi connectivity index (χ4n) is 2.71. The Hall–Kier alpha value is -1.68. The van der Waals surface area contributed by atoms with Crippen LogP contribution in [-0.2, 0) is 4.79 Å². The molecule has 0 aromatic heterocycles. The van der Waals surface area contributed by atoms with Crippen molar-refractivity contribution in [1.82, 2.24) is 4.90 Å². The molecule has 0 saturated carbocycles. The Morgan fingerprint density at radius 2 is 2.05 bits per heavy atom. The Kier molecular flexibility index (Phi) is 4.32. The average Bonchev–Trinajstić information content (AvgIpc) is 2.90. The third kappa shape index (κ3) is 3.01. The molecule has 0 radical (unpaired) electrons. The monoisotopic (exact) mass is 260 g/mol. The van der Waals surface area contributed by atoms with Crippen LogP contribution in [-0.4, -0.2) is 35.7 Å². The molecule has 0 aliphatic carbocycles. The summed E-state index contributed by atoms with van der Waals surface area (Å²) in [6.07, 6.45) is 1.51. The van der Waals surface area contributed by atoms with Crippen LogP contribution >= 0.6 is 0 Å². The fraction of sp³-hybridized carbons (Fsp3) is 0.467. The standard InChI is InChI=1S/C15H20N2O2/c1-2-13(14(18)11-6-4-3-5-7-11)17-9-8-12(10-17)15(16)19/h3-7,12-13H,2,8-10H2,1H3,(H2,16,19). The van der Waals surface area contributed by atoms with Crippen LogP contribution in [0.2, 0.25) is 0 Å². The largest absolute Gasteiger partial charge is 0.369 e. The molecule has 1 aliphatic heterocycles. The molecular formula is C15H20N2O2. The van der Waals surface area contributed by atoms with Crippen LogP contribution in [0.4, 0.5) is 0 Å². The van der Waals surface area contributed by atoms with Crippen LogP contribution in [0.1, 0.15) is 30.1 Å². The van der Waals surface area contributed by atoms with Crippen molar-refractivity contribution >= 4 is 11.7 Å². The first-order valence-corrected chi connectivity index (χ1v) is 6.76. The summed E-state index contributed by atoms with van der Waals surface area (Å²) in [5.74, 6) is -0.240. The number of amides is 1. The van der Waals surface area contributed by atoms with Crippen LogP contribution in [0.5, 0.6) is 0 Å². The summed E-state index contributed by atoms with van der Waals surface area (Å²) in [5, 5.41) is 0. The van der Waals surface area contributed by atoms with Crippen molar-refractivity contribution in [3.05, 3.63) is 35.9 Å². The van der Waals surface area contributed by atoms with E-state index in [0.29, 0.717) is 6.54 Å². The lowest BCUT2D eigenvalue weighted by Crippen LogP contribution is -2.40. The Balaban J connectivity index is 2.09. The quantitative estimate of drug-likeness (QED) is 0.815. The Labute approximate surface area is 113 Å². The molecule has 4 nitrogen and oxygen atoms in total. The van der Waals surface area contributed by atoms with Crippen LogP contribution in [0, 0.1) is 5.92 Å². The lowest BCUT2D eigenvalue weighted by atomic mass is 10.0. The summed E-state index contributed by atoms with van der Waals surface area (Å²) in [4.78, 5) is 25.8. The van der Waals surface area contributed by atoms with E-state index in [1.54, 1.807) is 0 Å². The molecular weight excluding hydrogens is 240 g/mol. The Bertz CT molecular complexity index is 458. The summed E-state index contributed by atoms with van der Waals surface area (Å²) in [6.45, 7) is 3.38. The molecule has 2 unspecified atom stereocenters. The zero-order chi connectivity index (χ0) is 13.8. The van der Waals surface area contributed by atoms with Gasteiger partial charge in [0.05, 0.1) is 12.0 Å². The third-order valence-corrected chi connectivity index (χ3v) is 3.81. The predicted molar refractivity (Wildman–Crippen MR) is 73.7 cm³/mol. The zero-order valence-electron chi connectivity index (χ0n) is 11.2. The van der Waals surface area contributed by atoms with Crippen LogP contribution in [0.15, 0.2) is 30.3 Å². The molecule has 2 N–H and O–H groups in total. The number of likely N-dealkylation sites (tertiary alicyclic amines) is 1. The second-order valence-corrected chi connectivity index (χ2v) is 5.04. The van der Waals surface area contributed by atoms with Gasteiger partial charge in [-0.05, 0) is 19.4 Å². The molecule has 2 atom stereocenters. The van der Waals surface area contributed by atoms with E-state index in [0.717, 1.165) is 24.9 Å². The highest BCUT2D eigenvalue weighted by molar-refractivity contribution is 6.00. The number of carbonyl (C=O) groups excluding carboxylic acids is 2. The number of primary amides is 1. The van der Waals surface area contributed by atoms with Gasteiger partial charge in [0.2, 0.25) is 5.91 Å². The number of rotatable bonds is 5. The normalized spacial score (nSPS) is 21.2. The van der Waals surface area contributed by atoms with Gasteiger partial charge in [-0.25, -0.2) is 0 Å². The lowest BCUT2D eigenvalue weighted by Gasteiger charge is -2.25. The van der Waals surface area contributed by atoms with Gasteiger partial charge >= 0.3 is 0 Å². The number of Topliss-reactive ketones (excluding diaryl/α,β-unsaturated/α-hetero) is 1. The second kappa shape index (κ2) is 5.97. The molecule has 1 aliphatic rings. The molecule has 102 valence electrons. The number of hydrogen-bond acceptors (Lipinski definition) is 3. The van der Waals surface area contributed by atoms with Crippen LogP contribution in [0.25, 0.3) is 0 Å². The molecule has 0 spiro atoms. The van der Waals surface area contributed by atoms with Crippen molar-refractivity contribution in [2.24, 2.45) is 11.7 Å². The Morgan fingerprint density at radius 3 is 2.58 bits per heavy atom. The van der Waals surface area contributed by atoms with E-state index in [1.807, 2.05) is 37.3 Å². The summed E-state index contributed by atoms with van der Waals surface area (Å²) in [5.41, 5.74) is 6.07. The fourth-order valence-corrected chi connectivity index (χ4v) is 2.71. The van der Waals surface area contributed by atoms with Gasteiger partial charge in [0, 0.05) is 12.1 Å². The van der Waals surface area contributed by atoms with E-state index in [2.05, 4.69) is 4.90 Å². The highest BCUT2D eigenvalue weighted by Gasteiger charge is 2.33. The SMILES string of the molecule is CCC(C(=O)c1ccccc1)N1CCC(C(N)=O)C1. The van der Waals surface area contributed by atoms with Crippen molar-refractivity contribution in [3.8, 4) is 0 Å². The highest BCUT2D eigenvalue weighted by atomic mass is 16.1. The van der Waals surface area contributed by atoms with Gasteiger partial charge in [0.15, 0.2) is 5.78 Å². The van der Waals surface area contributed by atoms with E-state index in [-0.39, 0.29) is 23.7 Å². The first kappa shape index (κ1) is 13.7. The molecule has 1 aromatic carbocycles. The summed E-state index contributed by atoms with van der Waals surface area (Å²) < 4.78 is 0. The van der Waals surface area contributed by atoms with Gasteiger partial charge < -0.3 is 5.73 Å². The van der Waals surface area contributed by atoms with Gasteiger partial charge in [-0.1, -0.05) is 37.3 Å². The van der Waals surface area contributed by atoms with Gasteiger partial charge in [-0.2, -0.15) is 0 Å². The van der Waals surface area contributed by atoms with Gasteiger partial charge in [-0.3, -0.25) is 14.5 Å². The van der Waals surface area contributed by atoms with Gasteiger partial charge in [-0.15, -0.1) is 0 Å². The van der Waals surface area contributed by atoms with E-state index >= 15 is 0 Å². The lowest BCUT2D eigenvalue weighted by molar-refractivity contribution is -0.121. The minimum atomic E-state index is -0.260. The third-order valence-electron chi connectivity index (χ3n) is 3.81. The topological polar surface area (TPSA) is 63.4 Å². The molecule has 1 amide bonds. The Morgan fingerprint density at radius 1 is 1.37 bits per heavy atom. The van der Waals surface area contributed by atoms with E-state index in [9.17, 15) is 9.59 Å². The minimum absolute atomic E-state index is 0.113. The average molecular weight is 260 g/mol. The number of nitrogens with zero attached hydrogens (tertiary/aromatic N) is 1. The maximum absolute atomic E-state index is 12.5. The van der Waals surface area contributed by atoms with E-state index in [1.165, 1.54) is 0 Å². The summed E-state index contributed by atoms with van der Waals surface area (Å²) in [7, 11) is 0. The molecule has 2 rings (SSSR count). The van der Waals surface area contributed by atoms with E-state index in [4.69, 9.17) is 5.73 Å². The van der Waals surface area contributed by atoms with Crippen molar-refractivity contribution in [2.45, 2.75) is 25.8 Å². The molecule has 1 fully saturated rings. The maximum Gasteiger partial charge on any atom is 0.221 e. The number of hydrogen-bond donors (Lipinski definition) is 1. The van der Waals surface area contributed by atoms with Crippen LogP contribution < -0.4 is 5.73 Å². The van der Waals surface area contributed by atoms with Crippen molar-refractivity contribution in [2.75, 3.05) is 13.1 Å². The predicted octanol–water partition coefficient (Wildman–Crippen LogP) is 1.46. The first-order chi connectivity index (χ1) is 9.13. The molecule has 1 heterocycles. The molecule has 4 heteroatoms. The first-order valence-electron chi connectivity index (χ1n) is 6.76. The van der Waals surface area contributed by atoms with Crippen molar-refractivity contribution in [3.63, 3.8) is 0 Å². The molecule has 0 bridgehead atoms. The molecule has 19 heavy (non-hydrogen) atoms. The number of nitrogens with two attached hydrogens (primary N) is 1. The highest BCUT2D eigenvalue weighted by Crippen LogP contribution is 2.22. The number of carbonyl (C=O) groups is 2. The smallest absolute Gasteiger partial charge is 0.221 e. The second-order valence-electron chi connectivity index (χ2n) is 5.04. The number of benzene rings is 1. The summed E-state index contributed by atoms with van der Waals surface area (Å²) >= 11 is 0.